The molecule has 7 nitrogen and oxygen atoms in total. The molecule has 136 valence electrons. The highest BCUT2D eigenvalue weighted by Gasteiger charge is 2.32. The number of hydrogen-bond donors (Lipinski definition) is 0. The van der Waals surface area contributed by atoms with Crippen LogP contribution in [0.1, 0.15) is 32.4 Å². The Bertz CT molecular complexity index is 838. The van der Waals surface area contributed by atoms with Gasteiger partial charge in [-0.25, -0.2) is 9.97 Å². The van der Waals surface area contributed by atoms with Crippen LogP contribution in [0, 0.1) is 11.3 Å². The lowest BCUT2D eigenvalue weighted by Crippen LogP contribution is -2.46. The second-order valence-corrected chi connectivity index (χ2v) is 6.40. The number of rotatable bonds is 4. The Kier molecular flexibility index (Phi) is 5.33. The summed E-state index contributed by atoms with van der Waals surface area (Å²) in [6, 6.07) is 9.46. The molecule has 1 aromatic heterocycles. The predicted octanol–water partition coefficient (Wildman–Crippen LogP) is 2.41. The molecule has 0 spiro atoms. The number of nitrogens with zero attached hydrogens (tertiary/aromatic N) is 4. The van der Waals surface area contributed by atoms with E-state index in [1.165, 1.54) is 0 Å². The average molecular weight is 354 g/mol. The molecule has 1 fully saturated rings. The molecular formula is C19H22N4O3. The fourth-order valence-corrected chi connectivity index (χ4v) is 3.23. The van der Waals surface area contributed by atoms with Gasteiger partial charge in [0, 0.05) is 13.1 Å². The Hall–Kier alpha value is -2.72. The highest BCUT2D eigenvalue weighted by molar-refractivity contribution is 5.85. The Morgan fingerprint density at radius 2 is 1.92 bits per heavy atom. The van der Waals surface area contributed by atoms with E-state index in [4.69, 9.17) is 14.5 Å². The molecule has 0 unspecified atom stereocenters. The molecule has 1 aliphatic rings. The molecule has 0 radical (unpaired) electrons. The number of hydrogen-bond acceptors (Lipinski definition) is 7. The topological polar surface area (TPSA) is 88.3 Å². The monoisotopic (exact) mass is 354 g/mol. The number of aromatic nitrogens is 2. The Morgan fingerprint density at radius 3 is 2.50 bits per heavy atom. The van der Waals surface area contributed by atoms with Gasteiger partial charge in [0.2, 0.25) is 0 Å². The molecular weight excluding hydrogens is 332 g/mol. The van der Waals surface area contributed by atoms with Crippen molar-refractivity contribution in [3.8, 4) is 6.07 Å². The number of nitriles is 1. The van der Waals surface area contributed by atoms with E-state index in [-0.39, 0.29) is 18.8 Å². The van der Waals surface area contributed by atoms with Crippen LogP contribution in [0.15, 0.2) is 24.3 Å². The van der Waals surface area contributed by atoms with E-state index in [2.05, 4.69) is 4.98 Å². The molecule has 0 aliphatic carbocycles. The van der Waals surface area contributed by atoms with Gasteiger partial charge in [0.05, 0.1) is 35.9 Å². The van der Waals surface area contributed by atoms with E-state index in [1.807, 2.05) is 49.1 Å². The van der Waals surface area contributed by atoms with Crippen LogP contribution in [-0.4, -0.2) is 47.8 Å². The van der Waals surface area contributed by atoms with Crippen molar-refractivity contribution < 1.29 is 14.3 Å². The summed E-state index contributed by atoms with van der Waals surface area (Å²) in [6.45, 7) is 7.13. The van der Waals surface area contributed by atoms with Crippen LogP contribution in [0.5, 0.6) is 0 Å². The average Bonchev–Trinajstić information content (AvgIpc) is 2.61. The third-order valence-corrected chi connectivity index (χ3v) is 4.22. The first-order valence-electron chi connectivity index (χ1n) is 8.76. The van der Waals surface area contributed by atoms with Crippen LogP contribution in [0.4, 0.5) is 5.82 Å². The summed E-state index contributed by atoms with van der Waals surface area (Å²) >= 11 is 0. The molecule has 7 heteroatoms. The number of morpholine rings is 1. The van der Waals surface area contributed by atoms with Crippen molar-refractivity contribution in [2.24, 2.45) is 0 Å². The minimum atomic E-state index is -1.12. The summed E-state index contributed by atoms with van der Waals surface area (Å²) in [4.78, 5) is 23.7. The molecule has 0 bridgehead atoms. The normalized spacial score (nSPS) is 21.2. The van der Waals surface area contributed by atoms with Gasteiger partial charge in [-0.3, -0.25) is 4.79 Å². The van der Waals surface area contributed by atoms with Crippen molar-refractivity contribution >= 4 is 22.8 Å². The number of esters is 1. The number of anilines is 1. The van der Waals surface area contributed by atoms with Gasteiger partial charge in [-0.15, -0.1) is 0 Å². The molecule has 3 rings (SSSR count). The standard InChI is InChI=1S/C19H22N4O3/c1-4-25-19(24)14(9-20)17-18(23-10-12(2)26-13(3)11-23)22-16-8-6-5-7-15(16)21-17/h5-8,12-14H,4,10-11H2,1-3H3/t12-,13-,14+/m0/s1. The van der Waals surface area contributed by atoms with Crippen molar-refractivity contribution in [3.05, 3.63) is 30.0 Å². The van der Waals surface area contributed by atoms with Crippen molar-refractivity contribution in [1.29, 1.82) is 5.26 Å². The molecule has 2 heterocycles. The van der Waals surface area contributed by atoms with E-state index in [9.17, 15) is 10.1 Å². The maximum Gasteiger partial charge on any atom is 0.329 e. The highest BCUT2D eigenvalue weighted by Crippen LogP contribution is 2.29. The zero-order chi connectivity index (χ0) is 18.7. The molecule has 26 heavy (non-hydrogen) atoms. The molecule has 0 saturated carbocycles. The van der Waals surface area contributed by atoms with Crippen molar-refractivity contribution in [1.82, 2.24) is 9.97 Å². The van der Waals surface area contributed by atoms with Crippen LogP contribution >= 0.6 is 0 Å². The van der Waals surface area contributed by atoms with Crippen molar-refractivity contribution in [2.45, 2.75) is 38.9 Å². The Balaban J connectivity index is 2.13. The summed E-state index contributed by atoms with van der Waals surface area (Å²) in [5, 5.41) is 9.61. The van der Waals surface area contributed by atoms with Gasteiger partial charge in [0.15, 0.2) is 11.7 Å². The zero-order valence-electron chi connectivity index (χ0n) is 15.2. The van der Waals surface area contributed by atoms with Gasteiger partial charge in [-0.05, 0) is 32.9 Å². The lowest BCUT2D eigenvalue weighted by Gasteiger charge is -2.37. The number of carbonyl (C=O) groups is 1. The second kappa shape index (κ2) is 7.67. The van der Waals surface area contributed by atoms with Gasteiger partial charge in [-0.1, -0.05) is 12.1 Å². The summed E-state index contributed by atoms with van der Waals surface area (Å²) in [5.41, 5.74) is 1.70. The lowest BCUT2D eigenvalue weighted by atomic mass is 10.1. The zero-order valence-corrected chi connectivity index (χ0v) is 15.2. The van der Waals surface area contributed by atoms with Gasteiger partial charge >= 0.3 is 5.97 Å². The Labute approximate surface area is 152 Å². The summed E-state index contributed by atoms with van der Waals surface area (Å²) in [6.07, 6.45) is 0.0333. The lowest BCUT2D eigenvalue weighted by molar-refractivity contribution is -0.143. The maximum atomic E-state index is 12.3. The smallest absolute Gasteiger partial charge is 0.329 e. The SMILES string of the molecule is CCOC(=O)[C@H](C#N)c1nc2ccccc2nc1N1C[C@H](C)O[C@@H](C)C1. The first kappa shape index (κ1) is 18.1. The van der Waals surface area contributed by atoms with Crippen LogP contribution in [-0.2, 0) is 14.3 Å². The van der Waals surface area contributed by atoms with Crippen LogP contribution in [0.25, 0.3) is 11.0 Å². The number of fused-ring (bicyclic) bond motifs is 1. The fourth-order valence-electron chi connectivity index (χ4n) is 3.23. The predicted molar refractivity (Wildman–Crippen MR) is 96.7 cm³/mol. The van der Waals surface area contributed by atoms with Gasteiger partial charge in [0.25, 0.3) is 0 Å². The molecule has 2 aromatic rings. The molecule has 0 amide bonds. The van der Waals surface area contributed by atoms with Gasteiger partial charge in [-0.2, -0.15) is 5.26 Å². The molecule has 1 aliphatic heterocycles. The van der Waals surface area contributed by atoms with E-state index in [0.29, 0.717) is 30.1 Å². The minimum Gasteiger partial charge on any atom is -0.465 e. The van der Waals surface area contributed by atoms with Crippen LogP contribution < -0.4 is 4.90 Å². The van der Waals surface area contributed by atoms with E-state index in [1.54, 1.807) is 6.92 Å². The number of para-hydroxylation sites is 2. The molecule has 1 saturated heterocycles. The minimum absolute atomic E-state index is 0.0167. The molecule has 3 atom stereocenters. The molecule has 0 N–H and O–H groups in total. The number of carbonyl (C=O) groups excluding carboxylic acids is 1. The van der Waals surface area contributed by atoms with E-state index < -0.39 is 11.9 Å². The highest BCUT2D eigenvalue weighted by atomic mass is 16.5. The van der Waals surface area contributed by atoms with Crippen molar-refractivity contribution in [2.75, 3.05) is 24.6 Å². The quantitative estimate of drug-likeness (QED) is 0.779. The maximum absolute atomic E-state index is 12.3. The van der Waals surface area contributed by atoms with Crippen LogP contribution in [0.3, 0.4) is 0 Å². The third-order valence-electron chi connectivity index (χ3n) is 4.22. The largest absolute Gasteiger partial charge is 0.465 e. The van der Waals surface area contributed by atoms with E-state index >= 15 is 0 Å². The summed E-state index contributed by atoms with van der Waals surface area (Å²) in [5.74, 6) is -1.17. The first-order chi connectivity index (χ1) is 12.5. The number of ether oxygens (including phenoxy) is 2. The number of benzene rings is 1. The molecule has 1 aromatic carbocycles. The summed E-state index contributed by atoms with van der Waals surface area (Å²) in [7, 11) is 0. The van der Waals surface area contributed by atoms with E-state index in [0.717, 1.165) is 5.52 Å². The fraction of sp³-hybridized carbons (Fsp3) is 0.474. The van der Waals surface area contributed by atoms with Crippen molar-refractivity contribution in [3.63, 3.8) is 0 Å². The Morgan fingerprint density at radius 1 is 1.31 bits per heavy atom. The second-order valence-electron chi connectivity index (χ2n) is 6.40. The first-order valence-corrected chi connectivity index (χ1v) is 8.76. The van der Waals surface area contributed by atoms with Crippen LogP contribution in [0.2, 0.25) is 0 Å². The summed E-state index contributed by atoms with van der Waals surface area (Å²) < 4.78 is 10.9. The van der Waals surface area contributed by atoms with Gasteiger partial charge in [0.1, 0.15) is 5.69 Å². The third kappa shape index (κ3) is 3.60. The van der Waals surface area contributed by atoms with Gasteiger partial charge < -0.3 is 14.4 Å².